The Labute approximate surface area is 99.9 Å². The quantitative estimate of drug-likeness (QED) is 0.758. The summed E-state index contributed by atoms with van der Waals surface area (Å²) < 4.78 is 0. The predicted octanol–water partition coefficient (Wildman–Crippen LogP) is 2.12. The molecular weight excluding hydrogens is 216 g/mol. The molecule has 3 N–H and O–H groups in total. The average Bonchev–Trinajstić information content (AvgIpc) is 2.25. The smallest absolute Gasteiger partial charge is 0.134 e. The molecule has 0 saturated carbocycles. The summed E-state index contributed by atoms with van der Waals surface area (Å²) in [6.45, 7) is 3.85. The van der Waals surface area contributed by atoms with Crippen LogP contribution in [0.5, 0.6) is 5.75 Å². The zero-order chi connectivity index (χ0) is 12.5. The molecule has 0 spiro atoms. The van der Waals surface area contributed by atoms with Gasteiger partial charge >= 0.3 is 0 Å². The highest BCUT2D eigenvalue weighted by atomic mass is 16.3. The maximum atomic E-state index is 9.67. The summed E-state index contributed by atoms with van der Waals surface area (Å²) in [5, 5.41) is 24.1. The van der Waals surface area contributed by atoms with Gasteiger partial charge < -0.3 is 15.5 Å². The second-order valence-electron chi connectivity index (χ2n) is 4.73. The first kappa shape index (κ1) is 11.7. The Bertz CT molecular complexity index is 532. The van der Waals surface area contributed by atoms with Crippen molar-refractivity contribution in [2.45, 2.75) is 19.4 Å². The van der Waals surface area contributed by atoms with Gasteiger partial charge in [-0.1, -0.05) is 6.07 Å². The van der Waals surface area contributed by atoms with E-state index in [1.807, 2.05) is 12.1 Å². The number of fused-ring (bicyclic) bond motifs is 1. The van der Waals surface area contributed by atoms with Gasteiger partial charge in [-0.15, -0.1) is 0 Å². The number of hydrogen-bond acceptors (Lipinski definition) is 4. The van der Waals surface area contributed by atoms with Crippen molar-refractivity contribution in [2.75, 3.05) is 11.9 Å². The van der Waals surface area contributed by atoms with Crippen molar-refractivity contribution in [2.24, 2.45) is 0 Å². The van der Waals surface area contributed by atoms with E-state index in [0.717, 1.165) is 10.8 Å². The molecule has 0 radical (unpaired) electrons. The van der Waals surface area contributed by atoms with Gasteiger partial charge in [-0.2, -0.15) is 0 Å². The molecule has 2 aromatic rings. The average molecular weight is 232 g/mol. The van der Waals surface area contributed by atoms with E-state index < -0.39 is 5.60 Å². The molecule has 0 aliphatic heterocycles. The summed E-state index contributed by atoms with van der Waals surface area (Å²) in [4.78, 5) is 4.22. The van der Waals surface area contributed by atoms with Crippen LogP contribution in [-0.4, -0.2) is 27.3 Å². The summed E-state index contributed by atoms with van der Waals surface area (Å²) in [6, 6.07) is 7.02. The minimum absolute atomic E-state index is 0.205. The standard InChI is InChI=1S/C13H16N2O2/c1-13(2,17)8-15-12-11-7-10(16)4-3-9(11)5-6-14-12/h3-7,16-17H,8H2,1-2H3,(H,14,15). The highest BCUT2D eigenvalue weighted by Crippen LogP contribution is 2.25. The summed E-state index contributed by atoms with van der Waals surface area (Å²) in [7, 11) is 0. The molecule has 17 heavy (non-hydrogen) atoms. The van der Waals surface area contributed by atoms with Crippen molar-refractivity contribution in [3.63, 3.8) is 0 Å². The number of nitrogens with one attached hydrogen (secondary N) is 1. The van der Waals surface area contributed by atoms with Crippen molar-refractivity contribution in [3.8, 4) is 5.75 Å². The molecular formula is C13H16N2O2. The van der Waals surface area contributed by atoms with Crippen LogP contribution >= 0.6 is 0 Å². The van der Waals surface area contributed by atoms with E-state index >= 15 is 0 Å². The molecule has 0 atom stereocenters. The van der Waals surface area contributed by atoms with Crippen LogP contribution < -0.4 is 5.32 Å². The Hall–Kier alpha value is -1.81. The summed E-state index contributed by atoms with van der Waals surface area (Å²) in [6.07, 6.45) is 1.70. The minimum Gasteiger partial charge on any atom is -0.508 e. The SMILES string of the molecule is CC(C)(O)CNc1nccc2ccc(O)cc12. The van der Waals surface area contributed by atoms with Gasteiger partial charge in [0.05, 0.1) is 5.60 Å². The van der Waals surface area contributed by atoms with Gasteiger partial charge in [0.15, 0.2) is 0 Å². The highest BCUT2D eigenvalue weighted by Gasteiger charge is 2.13. The maximum absolute atomic E-state index is 9.67. The number of benzene rings is 1. The number of phenols is 1. The van der Waals surface area contributed by atoms with Crippen LogP contribution in [0.25, 0.3) is 10.8 Å². The number of hydrogen-bond donors (Lipinski definition) is 3. The van der Waals surface area contributed by atoms with Crippen molar-refractivity contribution in [1.82, 2.24) is 4.98 Å². The third-order valence-electron chi connectivity index (χ3n) is 2.44. The Morgan fingerprint density at radius 1 is 1.29 bits per heavy atom. The van der Waals surface area contributed by atoms with Gasteiger partial charge in [0.2, 0.25) is 0 Å². The second kappa shape index (κ2) is 4.22. The van der Waals surface area contributed by atoms with E-state index in [0.29, 0.717) is 12.4 Å². The number of aliphatic hydroxyl groups is 1. The molecule has 1 aromatic heterocycles. The van der Waals surface area contributed by atoms with Crippen molar-refractivity contribution in [1.29, 1.82) is 0 Å². The predicted molar refractivity (Wildman–Crippen MR) is 68.2 cm³/mol. The fourth-order valence-electron chi connectivity index (χ4n) is 1.60. The zero-order valence-electron chi connectivity index (χ0n) is 9.94. The fourth-order valence-corrected chi connectivity index (χ4v) is 1.60. The first-order chi connectivity index (χ1) is 7.96. The van der Waals surface area contributed by atoms with E-state index in [1.165, 1.54) is 0 Å². The molecule has 0 saturated heterocycles. The first-order valence-corrected chi connectivity index (χ1v) is 5.50. The monoisotopic (exact) mass is 232 g/mol. The first-order valence-electron chi connectivity index (χ1n) is 5.50. The molecule has 1 heterocycles. The minimum atomic E-state index is -0.805. The second-order valence-corrected chi connectivity index (χ2v) is 4.73. The van der Waals surface area contributed by atoms with Crippen LogP contribution in [0.15, 0.2) is 30.5 Å². The number of phenolic OH excluding ortho intramolecular Hbond substituents is 1. The van der Waals surface area contributed by atoms with Gasteiger partial charge in [0.25, 0.3) is 0 Å². The lowest BCUT2D eigenvalue weighted by atomic mass is 10.1. The Morgan fingerprint density at radius 3 is 2.76 bits per heavy atom. The Kier molecular flexibility index (Phi) is 2.90. The van der Waals surface area contributed by atoms with E-state index in [-0.39, 0.29) is 5.75 Å². The third-order valence-corrected chi connectivity index (χ3v) is 2.44. The molecule has 1 aromatic carbocycles. The van der Waals surface area contributed by atoms with Crippen molar-refractivity contribution >= 4 is 16.6 Å². The number of pyridine rings is 1. The number of aromatic hydroxyl groups is 1. The highest BCUT2D eigenvalue weighted by molar-refractivity contribution is 5.92. The van der Waals surface area contributed by atoms with E-state index in [4.69, 9.17) is 0 Å². The number of nitrogens with zero attached hydrogens (tertiary/aromatic N) is 1. The molecule has 0 unspecified atom stereocenters. The molecule has 4 heteroatoms. The molecule has 2 rings (SSSR count). The summed E-state index contributed by atoms with van der Waals surface area (Å²) in [5.74, 6) is 0.873. The molecule has 0 bridgehead atoms. The lowest BCUT2D eigenvalue weighted by Gasteiger charge is -2.18. The van der Waals surface area contributed by atoms with Crippen LogP contribution in [0.4, 0.5) is 5.82 Å². The topological polar surface area (TPSA) is 65.4 Å². The maximum Gasteiger partial charge on any atom is 0.134 e. The largest absolute Gasteiger partial charge is 0.508 e. The van der Waals surface area contributed by atoms with Gasteiger partial charge in [-0.3, -0.25) is 0 Å². The van der Waals surface area contributed by atoms with Gasteiger partial charge in [-0.25, -0.2) is 4.98 Å². The van der Waals surface area contributed by atoms with Crippen molar-refractivity contribution in [3.05, 3.63) is 30.5 Å². The summed E-state index contributed by atoms with van der Waals surface area (Å²) in [5.41, 5.74) is -0.805. The van der Waals surface area contributed by atoms with E-state index in [9.17, 15) is 10.2 Å². The van der Waals surface area contributed by atoms with E-state index in [1.54, 1.807) is 32.2 Å². The summed E-state index contributed by atoms with van der Waals surface area (Å²) >= 11 is 0. The van der Waals surface area contributed by atoms with E-state index in [2.05, 4.69) is 10.3 Å². The normalized spacial score (nSPS) is 11.7. The lowest BCUT2D eigenvalue weighted by Crippen LogP contribution is -2.29. The molecule has 90 valence electrons. The third kappa shape index (κ3) is 2.85. The number of aromatic nitrogens is 1. The van der Waals surface area contributed by atoms with Crippen LogP contribution in [0.2, 0.25) is 0 Å². The van der Waals surface area contributed by atoms with Gasteiger partial charge in [0.1, 0.15) is 11.6 Å². The molecule has 0 aliphatic rings. The van der Waals surface area contributed by atoms with Crippen LogP contribution in [-0.2, 0) is 0 Å². The van der Waals surface area contributed by atoms with Gasteiger partial charge in [-0.05, 0) is 37.4 Å². The zero-order valence-corrected chi connectivity index (χ0v) is 9.94. The number of anilines is 1. The molecule has 0 amide bonds. The molecule has 0 fully saturated rings. The lowest BCUT2D eigenvalue weighted by molar-refractivity contribution is 0.0944. The Morgan fingerprint density at radius 2 is 2.06 bits per heavy atom. The molecule has 0 aliphatic carbocycles. The Balaban J connectivity index is 2.36. The molecule has 4 nitrogen and oxygen atoms in total. The van der Waals surface area contributed by atoms with Crippen LogP contribution in [0.3, 0.4) is 0 Å². The van der Waals surface area contributed by atoms with Crippen LogP contribution in [0, 0.1) is 0 Å². The number of rotatable bonds is 3. The van der Waals surface area contributed by atoms with Gasteiger partial charge in [0, 0.05) is 18.1 Å². The van der Waals surface area contributed by atoms with Crippen LogP contribution in [0.1, 0.15) is 13.8 Å². The fraction of sp³-hybridized carbons (Fsp3) is 0.308. The van der Waals surface area contributed by atoms with Crippen molar-refractivity contribution < 1.29 is 10.2 Å².